The maximum atomic E-state index is 11.8. The summed E-state index contributed by atoms with van der Waals surface area (Å²) in [6.45, 7) is 1.04. The van der Waals surface area contributed by atoms with E-state index in [9.17, 15) is 4.79 Å². The Hall–Kier alpha value is -3.22. The average molecular weight is 308 g/mol. The fourth-order valence-corrected chi connectivity index (χ4v) is 2.01. The van der Waals surface area contributed by atoms with Crippen LogP contribution in [0.3, 0.4) is 0 Å². The van der Waals surface area contributed by atoms with E-state index in [2.05, 4.69) is 25.8 Å². The highest BCUT2D eigenvalue weighted by molar-refractivity contribution is 5.93. The van der Waals surface area contributed by atoms with Gasteiger partial charge in [-0.3, -0.25) is 9.78 Å². The number of anilines is 1. The van der Waals surface area contributed by atoms with Crippen LogP contribution in [0.1, 0.15) is 10.4 Å². The first-order chi connectivity index (χ1) is 11.3. The van der Waals surface area contributed by atoms with Crippen LogP contribution in [0, 0.1) is 0 Å². The number of aromatic nitrogens is 4. The van der Waals surface area contributed by atoms with E-state index in [-0.39, 0.29) is 5.91 Å². The van der Waals surface area contributed by atoms with E-state index in [1.807, 2.05) is 41.2 Å². The van der Waals surface area contributed by atoms with Gasteiger partial charge in [0.15, 0.2) is 5.82 Å². The van der Waals surface area contributed by atoms with E-state index in [1.54, 1.807) is 18.3 Å². The molecule has 3 aromatic rings. The molecule has 0 fully saturated rings. The van der Waals surface area contributed by atoms with Gasteiger partial charge < -0.3 is 15.2 Å². The zero-order valence-corrected chi connectivity index (χ0v) is 12.4. The molecule has 0 saturated carbocycles. The lowest BCUT2D eigenvalue weighted by molar-refractivity contribution is 0.0955. The highest BCUT2D eigenvalue weighted by Gasteiger charge is 2.04. The first-order valence-corrected chi connectivity index (χ1v) is 7.22. The largest absolute Gasteiger partial charge is 0.367 e. The summed E-state index contributed by atoms with van der Waals surface area (Å²) in [4.78, 5) is 15.7. The highest BCUT2D eigenvalue weighted by Crippen LogP contribution is 2.06. The molecule has 3 rings (SSSR count). The Kier molecular flexibility index (Phi) is 4.58. The van der Waals surface area contributed by atoms with Gasteiger partial charge in [-0.05, 0) is 36.4 Å². The van der Waals surface area contributed by atoms with E-state index in [0.29, 0.717) is 24.5 Å². The van der Waals surface area contributed by atoms with Crippen LogP contribution in [0.2, 0.25) is 0 Å². The van der Waals surface area contributed by atoms with Crippen molar-refractivity contribution < 1.29 is 4.79 Å². The lowest BCUT2D eigenvalue weighted by Gasteiger charge is -2.07. The Morgan fingerprint density at radius 1 is 1.04 bits per heavy atom. The molecule has 7 heteroatoms. The van der Waals surface area contributed by atoms with Crippen molar-refractivity contribution >= 4 is 11.7 Å². The zero-order valence-electron chi connectivity index (χ0n) is 12.4. The van der Waals surface area contributed by atoms with Crippen LogP contribution >= 0.6 is 0 Å². The lowest BCUT2D eigenvalue weighted by atomic mass is 10.3. The molecule has 0 aliphatic heterocycles. The number of amides is 1. The number of hydrogen-bond acceptors (Lipinski definition) is 5. The van der Waals surface area contributed by atoms with Gasteiger partial charge in [-0.15, -0.1) is 10.2 Å². The van der Waals surface area contributed by atoms with E-state index in [4.69, 9.17) is 0 Å². The Morgan fingerprint density at radius 2 is 1.91 bits per heavy atom. The Bertz CT molecular complexity index is 740. The van der Waals surface area contributed by atoms with Gasteiger partial charge >= 0.3 is 0 Å². The van der Waals surface area contributed by atoms with Crippen LogP contribution in [-0.2, 0) is 0 Å². The number of pyridine rings is 1. The van der Waals surface area contributed by atoms with Gasteiger partial charge in [0.05, 0.1) is 5.56 Å². The standard InChI is InChI=1S/C16H16N6O/c23-16(13-4-3-7-17-12-13)19-9-8-18-14-5-6-15(21-20-14)22-10-1-2-11-22/h1-7,10-12H,8-9H2,(H,18,20)(H,19,23). The molecule has 0 spiro atoms. The smallest absolute Gasteiger partial charge is 0.252 e. The Morgan fingerprint density at radius 3 is 2.61 bits per heavy atom. The van der Waals surface area contributed by atoms with Crippen molar-refractivity contribution in [3.8, 4) is 5.82 Å². The number of nitrogens with zero attached hydrogens (tertiary/aromatic N) is 4. The highest BCUT2D eigenvalue weighted by atomic mass is 16.1. The lowest BCUT2D eigenvalue weighted by Crippen LogP contribution is -2.29. The molecule has 7 nitrogen and oxygen atoms in total. The summed E-state index contributed by atoms with van der Waals surface area (Å²) in [6.07, 6.45) is 6.98. The second-order valence-corrected chi connectivity index (χ2v) is 4.79. The van der Waals surface area contributed by atoms with Gasteiger partial charge in [-0.2, -0.15) is 0 Å². The normalized spacial score (nSPS) is 10.3. The van der Waals surface area contributed by atoms with Crippen LogP contribution in [0.4, 0.5) is 5.82 Å². The predicted octanol–water partition coefficient (Wildman–Crippen LogP) is 1.50. The molecule has 116 valence electrons. The van der Waals surface area contributed by atoms with E-state index in [0.717, 1.165) is 5.82 Å². The molecule has 0 bridgehead atoms. The minimum atomic E-state index is -0.145. The zero-order chi connectivity index (χ0) is 15.9. The molecule has 0 aliphatic carbocycles. The second kappa shape index (κ2) is 7.17. The summed E-state index contributed by atoms with van der Waals surface area (Å²) in [5, 5.41) is 14.2. The maximum absolute atomic E-state index is 11.8. The molecule has 0 saturated heterocycles. The second-order valence-electron chi connectivity index (χ2n) is 4.79. The van der Waals surface area contributed by atoms with E-state index in [1.165, 1.54) is 6.20 Å². The van der Waals surface area contributed by atoms with Gasteiger partial charge in [0, 0.05) is 37.9 Å². The van der Waals surface area contributed by atoms with E-state index < -0.39 is 0 Å². The molecule has 3 aromatic heterocycles. The molecule has 0 aromatic carbocycles. The van der Waals surface area contributed by atoms with Crippen LogP contribution in [0.25, 0.3) is 5.82 Å². The summed E-state index contributed by atoms with van der Waals surface area (Å²) in [6, 6.07) is 11.0. The van der Waals surface area contributed by atoms with Crippen molar-refractivity contribution in [2.75, 3.05) is 18.4 Å². The minimum absolute atomic E-state index is 0.145. The molecule has 0 aliphatic rings. The van der Waals surface area contributed by atoms with Gasteiger partial charge in [0.1, 0.15) is 5.82 Å². The fourth-order valence-electron chi connectivity index (χ4n) is 2.01. The van der Waals surface area contributed by atoms with Gasteiger partial charge in [-0.1, -0.05) is 0 Å². The van der Waals surface area contributed by atoms with Crippen LogP contribution in [0.15, 0.2) is 61.2 Å². The predicted molar refractivity (Wildman–Crippen MR) is 86.4 cm³/mol. The van der Waals surface area contributed by atoms with Crippen molar-refractivity contribution in [2.45, 2.75) is 0 Å². The third kappa shape index (κ3) is 3.91. The van der Waals surface area contributed by atoms with Crippen molar-refractivity contribution in [1.82, 2.24) is 25.1 Å². The number of rotatable bonds is 6. The number of carbonyl (C=O) groups is 1. The number of carbonyl (C=O) groups excluding carboxylic acids is 1. The summed E-state index contributed by atoms with van der Waals surface area (Å²) in [5.41, 5.74) is 0.545. The molecular formula is C16H16N6O. The average Bonchev–Trinajstić information content (AvgIpc) is 3.14. The molecule has 0 unspecified atom stereocenters. The van der Waals surface area contributed by atoms with Crippen LogP contribution in [-0.4, -0.2) is 38.7 Å². The quantitative estimate of drug-likeness (QED) is 0.674. The molecule has 0 radical (unpaired) electrons. The monoisotopic (exact) mass is 308 g/mol. The molecular weight excluding hydrogens is 292 g/mol. The third-order valence-corrected chi connectivity index (χ3v) is 3.16. The first kappa shape index (κ1) is 14.7. The SMILES string of the molecule is O=C(NCCNc1ccc(-n2cccc2)nn1)c1cccnc1. The molecule has 2 N–H and O–H groups in total. The molecule has 1 amide bonds. The number of hydrogen-bond donors (Lipinski definition) is 2. The van der Waals surface area contributed by atoms with Crippen molar-refractivity contribution in [1.29, 1.82) is 0 Å². The van der Waals surface area contributed by atoms with Gasteiger partial charge in [0.25, 0.3) is 5.91 Å². The summed E-state index contributed by atoms with van der Waals surface area (Å²) in [5.74, 6) is 1.27. The molecule has 3 heterocycles. The van der Waals surface area contributed by atoms with Crippen molar-refractivity contribution in [3.63, 3.8) is 0 Å². The van der Waals surface area contributed by atoms with Crippen molar-refractivity contribution in [2.24, 2.45) is 0 Å². The van der Waals surface area contributed by atoms with Gasteiger partial charge in [0.2, 0.25) is 0 Å². The minimum Gasteiger partial charge on any atom is -0.367 e. The summed E-state index contributed by atoms with van der Waals surface area (Å²) < 4.78 is 1.88. The summed E-state index contributed by atoms with van der Waals surface area (Å²) in [7, 11) is 0. The van der Waals surface area contributed by atoms with Crippen LogP contribution < -0.4 is 10.6 Å². The Balaban J connectivity index is 1.45. The summed E-state index contributed by atoms with van der Waals surface area (Å²) >= 11 is 0. The molecule has 23 heavy (non-hydrogen) atoms. The molecule has 0 atom stereocenters. The van der Waals surface area contributed by atoms with E-state index >= 15 is 0 Å². The number of nitrogens with one attached hydrogen (secondary N) is 2. The maximum Gasteiger partial charge on any atom is 0.252 e. The van der Waals surface area contributed by atoms with Gasteiger partial charge in [-0.25, -0.2) is 0 Å². The fraction of sp³-hybridized carbons (Fsp3) is 0.125. The van der Waals surface area contributed by atoms with Crippen molar-refractivity contribution in [3.05, 3.63) is 66.7 Å². The van der Waals surface area contributed by atoms with Crippen LogP contribution in [0.5, 0.6) is 0 Å². The third-order valence-electron chi connectivity index (χ3n) is 3.16. The first-order valence-electron chi connectivity index (χ1n) is 7.22. The topological polar surface area (TPSA) is 84.7 Å². The Labute approximate surface area is 133 Å².